The number of rotatable bonds is 2. The average Bonchev–Trinajstić information content (AvgIpc) is 2.64. The van der Waals surface area contributed by atoms with E-state index in [0.29, 0.717) is 17.8 Å². The lowest BCUT2D eigenvalue weighted by atomic mass is 9.94. The Hall–Kier alpha value is -2.60. The zero-order valence-corrected chi connectivity index (χ0v) is 16.8. The van der Waals surface area contributed by atoms with E-state index in [4.69, 9.17) is 4.74 Å². The largest absolute Gasteiger partial charge is 0.507 e. The maximum atomic E-state index is 12.7. The van der Waals surface area contributed by atoms with Crippen LogP contribution in [0.15, 0.2) is 30.4 Å². The third-order valence-electron chi connectivity index (χ3n) is 5.03. The van der Waals surface area contributed by atoms with Crippen molar-refractivity contribution in [3.63, 3.8) is 0 Å². The highest BCUT2D eigenvalue weighted by Crippen LogP contribution is 2.30. The Morgan fingerprint density at radius 3 is 2.57 bits per heavy atom. The minimum atomic E-state index is -0.843. The molecule has 0 saturated heterocycles. The van der Waals surface area contributed by atoms with Crippen molar-refractivity contribution >= 4 is 23.5 Å². The molecule has 1 heterocycles. The van der Waals surface area contributed by atoms with Crippen LogP contribution >= 0.6 is 0 Å². The van der Waals surface area contributed by atoms with Gasteiger partial charge in [-0.2, -0.15) is 0 Å². The molecule has 1 aliphatic heterocycles. The van der Waals surface area contributed by atoms with Gasteiger partial charge in [0.1, 0.15) is 17.4 Å². The van der Waals surface area contributed by atoms with Crippen LogP contribution in [0.4, 0.5) is 5.69 Å². The summed E-state index contributed by atoms with van der Waals surface area (Å²) in [6.07, 6.45) is 5.37. The molecule has 6 nitrogen and oxygen atoms in total. The van der Waals surface area contributed by atoms with E-state index in [9.17, 15) is 19.8 Å². The molecule has 0 radical (unpaired) electrons. The number of ether oxygens (including phenoxy) is 1. The van der Waals surface area contributed by atoms with Crippen molar-refractivity contribution in [1.29, 1.82) is 0 Å². The van der Waals surface area contributed by atoms with E-state index in [1.54, 1.807) is 38.1 Å². The fourth-order valence-electron chi connectivity index (χ4n) is 2.93. The van der Waals surface area contributed by atoms with Crippen molar-refractivity contribution in [1.82, 2.24) is 0 Å². The number of carbonyl (C=O) groups is 2. The van der Waals surface area contributed by atoms with Gasteiger partial charge in [0.05, 0.1) is 6.10 Å². The first-order chi connectivity index (χ1) is 13.2. The molecule has 0 spiro atoms. The summed E-state index contributed by atoms with van der Waals surface area (Å²) < 4.78 is 5.53. The Balaban J connectivity index is 2.50. The number of aromatic hydroxyl groups is 1. The predicted octanol–water partition coefficient (Wildman–Crippen LogP) is 3.54. The number of hydrogen-bond acceptors (Lipinski definition) is 6. The first-order valence-electron chi connectivity index (χ1n) is 9.63. The number of fused-ring (bicyclic) bond motifs is 1. The lowest BCUT2D eigenvalue weighted by Crippen LogP contribution is -2.25. The van der Waals surface area contributed by atoms with Crippen molar-refractivity contribution in [2.24, 2.45) is 11.8 Å². The molecular formula is C22H29NO5. The molecule has 0 aliphatic carbocycles. The summed E-state index contributed by atoms with van der Waals surface area (Å²) in [4.78, 5) is 25.0. The van der Waals surface area contributed by atoms with Crippen LogP contribution in [-0.4, -0.2) is 40.7 Å². The lowest BCUT2D eigenvalue weighted by molar-refractivity contribution is -0.120. The van der Waals surface area contributed by atoms with E-state index in [1.807, 2.05) is 13.8 Å². The molecular weight excluding hydrogens is 358 g/mol. The van der Waals surface area contributed by atoms with Crippen LogP contribution in [0.3, 0.4) is 0 Å². The molecule has 2 rings (SSSR count). The van der Waals surface area contributed by atoms with Crippen LogP contribution in [0.2, 0.25) is 0 Å². The fraction of sp³-hybridized carbons (Fsp3) is 0.455. The molecule has 1 aromatic carbocycles. The van der Waals surface area contributed by atoms with E-state index in [-0.39, 0.29) is 29.4 Å². The number of anilines is 1. The Labute approximate surface area is 165 Å². The number of carbonyl (C=O) groups excluding carboxylic acids is 2. The topological polar surface area (TPSA) is 95.9 Å². The van der Waals surface area contributed by atoms with Gasteiger partial charge in [-0.1, -0.05) is 32.1 Å². The molecule has 0 bridgehead atoms. The number of ketones is 1. The van der Waals surface area contributed by atoms with Crippen LogP contribution in [-0.2, 0) is 9.53 Å². The molecule has 3 N–H and O–H groups in total. The van der Waals surface area contributed by atoms with Gasteiger partial charge in [-0.15, -0.1) is 0 Å². The molecule has 0 saturated carbocycles. The van der Waals surface area contributed by atoms with Gasteiger partial charge >= 0.3 is 5.97 Å². The number of aliphatic hydroxyl groups is 1. The zero-order valence-electron chi connectivity index (χ0n) is 16.8. The number of phenolic OH excluding ortho intramolecular Hbond substituents is 1. The molecule has 0 aromatic heterocycles. The maximum absolute atomic E-state index is 12.7. The van der Waals surface area contributed by atoms with Gasteiger partial charge in [-0.25, -0.2) is 4.79 Å². The molecule has 1 aliphatic rings. The molecule has 28 heavy (non-hydrogen) atoms. The summed E-state index contributed by atoms with van der Waals surface area (Å²) in [5.41, 5.74) is 1.24. The van der Waals surface area contributed by atoms with Crippen molar-refractivity contribution < 1.29 is 24.5 Å². The summed E-state index contributed by atoms with van der Waals surface area (Å²) in [6.45, 7) is 7.85. The number of benzene rings is 1. The summed E-state index contributed by atoms with van der Waals surface area (Å²) in [6, 6.07) is 3.24. The van der Waals surface area contributed by atoms with Gasteiger partial charge in [0.25, 0.3) is 0 Å². The third-order valence-corrected chi connectivity index (χ3v) is 5.03. The molecule has 1 aromatic rings. The second-order valence-electron chi connectivity index (χ2n) is 7.22. The van der Waals surface area contributed by atoms with Crippen LogP contribution in [0.5, 0.6) is 5.75 Å². The van der Waals surface area contributed by atoms with Gasteiger partial charge in [0.15, 0.2) is 5.78 Å². The van der Waals surface area contributed by atoms with Crippen molar-refractivity contribution in [2.75, 3.05) is 11.9 Å². The Bertz CT molecular complexity index is 783. The first-order valence-corrected chi connectivity index (χ1v) is 9.63. The number of hydrogen-bond donors (Lipinski definition) is 3. The molecule has 0 fully saturated rings. The van der Waals surface area contributed by atoms with Gasteiger partial charge < -0.3 is 20.3 Å². The highest BCUT2D eigenvalue weighted by molar-refractivity contribution is 5.97. The molecule has 6 heteroatoms. The third kappa shape index (κ3) is 5.23. The summed E-state index contributed by atoms with van der Waals surface area (Å²) in [7, 11) is 0. The second kappa shape index (κ2) is 9.55. The van der Waals surface area contributed by atoms with Crippen molar-refractivity contribution in [3.8, 4) is 5.75 Å². The van der Waals surface area contributed by atoms with Gasteiger partial charge in [-0.3, -0.25) is 4.79 Å². The van der Waals surface area contributed by atoms with E-state index in [0.717, 1.165) is 0 Å². The predicted molar refractivity (Wildman–Crippen MR) is 109 cm³/mol. The molecule has 152 valence electrons. The second-order valence-corrected chi connectivity index (χ2v) is 7.22. The van der Waals surface area contributed by atoms with Gasteiger partial charge in [-0.05, 0) is 38.0 Å². The smallest absolute Gasteiger partial charge is 0.342 e. The summed E-state index contributed by atoms with van der Waals surface area (Å²) >= 11 is 0. The average molecular weight is 387 g/mol. The van der Waals surface area contributed by atoms with Crippen LogP contribution in [0, 0.1) is 11.8 Å². The zero-order chi connectivity index (χ0) is 20.8. The minimum Gasteiger partial charge on any atom is -0.507 e. The normalized spacial score (nSPS) is 28.6. The number of nitrogens with one attached hydrogen (secondary N) is 1. The van der Waals surface area contributed by atoms with Crippen LogP contribution in [0.1, 0.15) is 50.0 Å². The Morgan fingerprint density at radius 1 is 1.18 bits per heavy atom. The molecule has 0 unspecified atom stereocenters. The van der Waals surface area contributed by atoms with Crippen LogP contribution < -0.4 is 5.32 Å². The minimum absolute atomic E-state index is 0.0802. The first kappa shape index (κ1) is 21.7. The summed E-state index contributed by atoms with van der Waals surface area (Å²) in [5.74, 6) is -1.73. The highest BCUT2D eigenvalue weighted by atomic mass is 16.5. The Morgan fingerprint density at radius 2 is 1.89 bits per heavy atom. The number of phenols is 1. The fourth-order valence-corrected chi connectivity index (χ4v) is 2.93. The van der Waals surface area contributed by atoms with Crippen molar-refractivity contribution in [2.45, 2.75) is 46.3 Å². The SMILES string of the molecule is CCNc1cc(O)c2c(c1)/C=C/C[C@H](O)[C@H](C)C(=O)/C=C\[C@@H](C)[C@H](C)OC2=O. The maximum Gasteiger partial charge on any atom is 0.342 e. The molecule has 0 amide bonds. The number of cyclic esters (lactones) is 1. The van der Waals surface area contributed by atoms with Crippen molar-refractivity contribution in [3.05, 3.63) is 41.5 Å². The quantitative estimate of drug-likeness (QED) is 0.672. The molecule has 4 atom stereocenters. The van der Waals surface area contributed by atoms with Gasteiger partial charge in [0, 0.05) is 30.1 Å². The van der Waals surface area contributed by atoms with E-state index in [1.165, 1.54) is 12.1 Å². The lowest BCUT2D eigenvalue weighted by Gasteiger charge is -2.20. The highest BCUT2D eigenvalue weighted by Gasteiger charge is 2.24. The van der Waals surface area contributed by atoms with E-state index < -0.39 is 24.1 Å². The number of allylic oxidation sites excluding steroid dienone is 1. The van der Waals surface area contributed by atoms with Gasteiger partial charge in [0.2, 0.25) is 0 Å². The van der Waals surface area contributed by atoms with E-state index >= 15 is 0 Å². The standard InChI is InChI=1S/C22H29NO5/c1-5-23-17-11-16-7-6-8-18(24)14(3)19(25)10-9-13(2)15(4)28-22(27)21(16)20(26)12-17/h6-7,9-15,18,23-24,26H,5,8H2,1-4H3/b7-6+,10-9-/t13-,14+,15+,18+/m1/s1. The monoisotopic (exact) mass is 387 g/mol. The number of esters is 1. The number of aliphatic hydroxyl groups excluding tert-OH is 1. The summed E-state index contributed by atoms with van der Waals surface area (Å²) in [5, 5.41) is 23.9. The van der Waals surface area contributed by atoms with E-state index in [2.05, 4.69) is 5.32 Å². The van der Waals surface area contributed by atoms with Crippen LogP contribution in [0.25, 0.3) is 6.08 Å². The Kier molecular flexibility index (Phi) is 7.40.